The number of likely N-dealkylation sites (tertiary alicyclic amines) is 1. The lowest BCUT2D eigenvalue weighted by atomic mass is 10.2. The number of benzene rings is 1. The van der Waals surface area contributed by atoms with Crippen molar-refractivity contribution < 1.29 is 9.53 Å². The van der Waals surface area contributed by atoms with E-state index in [-0.39, 0.29) is 5.91 Å². The van der Waals surface area contributed by atoms with E-state index in [4.69, 9.17) is 10.5 Å². The van der Waals surface area contributed by atoms with Gasteiger partial charge in [0.1, 0.15) is 5.75 Å². The molecule has 1 heterocycles. The zero-order valence-corrected chi connectivity index (χ0v) is 12.9. The Balaban J connectivity index is 1.80. The van der Waals surface area contributed by atoms with Crippen molar-refractivity contribution in [1.82, 2.24) is 9.80 Å². The molecule has 5 heteroatoms. The highest BCUT2D eigenvalue weighted by Gasteiger charge is 2.28. The predicted molar refractivity (Wildman–Crippen MR) is 84.3 cm³/mol. The number of hydrogen-bond donors (Lipinski definition) is 1. The summed E-state index contributed by atoms with van der Waals surface area (Å²) in [6.07, 6.45) is 2.59. The molecule has 1 saturated heterocycles. The van der Waals surface area contributed by atoms with Gasteiger partial charge in [-0.25, -0.2) is 0 Å². The van der Waals surface area contributed by atoms with Gasteiger partial charge in [-0.3, -0.25) is 4.79 Å². The van der Waals surface area contributed by atoms with Crippen LogP contribution in [0.1, 0.15) is 19.3 Å². The Morgan fingerprint density at radius 2 is 2.19 bits per heavy atom. The highest BCUT2D eigenvalue weighted by Crippen LogP contribution is 2.21. The second-order valence-electron chi connectivity index (χ2n) is 5.78. The average Bonchev–Trinajstić information content (AvgIpc) is 2.88. The van der Waals surface area contributed by atoms with Crippen molar-refractivity contribution in [3.63, 3.8) is 0 Å². The quantitative estimate of drug-likeness (QED) is 0.809. The summed E-state index contributed by atoms with van der Waals surface area (Å²) in [4.78, 5) is 16.4. The first-order valence-electron chi connectivity index (χ1n) is 7.49. The molecule has 0 aliphatic carbocycles. The molecular formula is C16H25N3O2. The summed E-state index contributed by atoms with van der Waals surface area (Å²) in [5.74, 6) is 0.824. The summed E-state index contributed by atoms with van der Waals surface area (Å²) in [6.45, 7) is 2.17. The number of para-hydroxylation sites is 2. The molecule has 21 heavy (non-hydrogen) atoms. The number of ether oxygens (including phenoxy) is 1. The molecule has 1 aromatic carbocycles. The van der Waals surface area contributed by atoms with E-state index < -0.39 is 0 Å². The van der Waals surface area contributed by atoms with E-state index >= 15 is 0 Å². The fourth-order valence-electron chi connectivity index (χ4n) is 2.78. The van der Waals surface area contributed by atoms with Crippen molar-refractivity contribution in [2.45, 2.75) is 25.3 Å². The molecule has 2 N–H and O–H groups in total. The number of carbonyl (C=O) groups is 1. The maximum absolute atomic E-state index is 12.3. The van der Waals surface area contributed by atoms with Crippen molar-refractivity contribution in [2.75, 3.05) is 39.5 Å². The lowest BCUT2D eigenvalue weighted by Crippen LogP contribution is -2.41. The van der Waals surface area contributed by atoms with E-state index in [2.05, 4.69) is 4.90 Å². The molecule has 0 aromatic heterocycles. The second-order valence-corrected chi connectivity index (χ2v) is 5.78. The summed E-state index contributed by atoms with van der Waals surface area (Å²) in [5.41, 5.74) is 6.42. The minimum absolute atomic E-state index is 0.175. The van der Waals surface area contributed by atoms with E-state index in [0.717, 1.165) is 25.9 Å². The number of amides is 1. The van der Waals surface area contributed by atoms with Gasteiger partial charge in [0.2, 0.25) is 5.91 Å². The Bertz CT molecular complexity index is 476. The molecule has 1 amide bonds. The van der Waals surface area contributed by atoms with Gasteiger partial charge in [0.15, 0.2) is 0 Å². The molecule has 2 rings (SSSR count). The number of anilines is 1. The molecular weight excluding hydrogens is 266 g/mol. The molecule has 0 saturated carbocycles. The standard InChI is InChI=1S/C16H25N3O2/c1-18(2)12-13-6-5-10-19(13)16(20)9-11-21-15-8-4-3-7-14(15)17/h3-4,7-8,13H,5-6,9-12,17H2,1-2H3. The number of carbonyl (C=O) groups excluding carboxylic acids is 1. The van der Waals surface area contributed by atoms with Crippen LogP contribution in [-0.4, -0.2) is 55.5 Å². The predicted octanol–water partition coefficient (Wildman–Crippen LogP) is 1.59. The zero-order chi connectivity index (χ0) is 15.2. The van der Waals surface area contributed by atoms with Gasteiger partial charge in [-0.2, -0.15) is 0 Å². The number of rotatable bonds is 6. The van der Waals surface area contributed by atoms with Crippen LogP contribution < -0.4 is 10.5 Å². The van der Waals surface area contributed by atoms with Gasteiger partial charge in [-0.15, -0.1) is 0 Å². The van der Waals surface area contributed by atoms with Crippen molar-refractivity contribution in [2.24, 2.45) is 0 Å². The molecule has 116 valence electrons. The summed E-state index contributed by atoms with van der Waals surface area (Å²) in [7, 11) is 4.09. The second kappa shape index (κ2) is 7.31. The topological polar surface area (TPSA) is 58.8 Å². The van der Waals surface area contributed by atoms with E-state index in [1.807, 2.05) is 37.2 Å². The first-order valence-corrected chi connectivity index (χ1v) is 7.49. The first kappa shape index (κ1) is 15.6. The Labute approximate surface area is 126 Å². The van der Waals surface area contributed by atoms with Gasteiger partial charge >= 0.3 is 0 Å². The third-order valence-electron chi connectivity index (χ3n) is 3.77. The number of likely N-dealkylation sites (N-methyl/N-ethyl adjacent to an activating group) is 1. The summed E-state index contributed by atoms with van der Waals surface area (Å²) in [5, 5.41) is 0. The van der Waals surface area contributed by atoms with Crippen molar-refractivity contribution in [1.29, 1.82) is 0 Å². The molecule has 1 fully saturated rings. The third-order valence-corrected chi connectivity index (χ3v) is 3.77. The monoisotopic (exact) mass is 291 g/mol. The molecule has 1 aliphatic rings. The van der Waals surface area contributed by atoms with Crippen molar-refractivity contribution in [3.05, 3.63) is 24.3 Å². The summed E-state index contributed by atoms with van der Waals surface area (Å²) < 4.78 is 5.60. The summed E-state index contributed by atoms with van der Waals surface area (Å²) >= 11 is 0. The maximum Gasteiger partial charge on any atom is 0.226 e. The Morgan fingerprint density at radius 1 is 1.43 bits per heavy atom. The van der Waals surface area contributed by atoms with Gasteiger partial charge in [0.05, 0.1) is 18.7 Å². The van der Waals surface area contributed by atoms with Gasteiger partial charge in [0, 0.05) is 19.1 Å². The lowest BCUT2D eigenvalue weighted by molar-refractivity contribution is -0.132. The van der Waals surface area contributed by atoms with Crippen LogP contribution in [0.3, 0.4) is 0 Å². The summed E-state index contributed by atoms with van der Waals surface area (Å²) in [6, 6.07) is 7.70. The Morgan fingerprint density at radius 3 is 2.90 bits per heavy atom. The van der Waals surface area contributed by atoms with Crippen LogP contribution in [0, 0.1) is 0 Å². The molecule has 1 atom stereocenters. The lowest BCUT2D eigenvalue weighted by Gasteiger charge is -2.27. The van der Waals surface area contributed by atoms with Crippen LogP contribution in [0.25, 0.3) is 0 Å². The highest BCUT2D eigenvalue weighted by atomic mass is 16.5. The molecule has 0 spiro atoms. The average molecular weight is 291 g/mol. The zero-order valence-electron chi connectivity index (χ0n) is 12.9. The van der Waals surface area contributed by atoms with Crippen LogP contribution >= 0.6 is 0 Å². The van der Waals surface area contributed by atoms with Gasteiger partial charge in [-0.05, 0) is 39.1 Å². The normalized spacial score (nSPS) is 18.2. The number of hydrogen-bond acceptors (Lipinski definition) is 4. The number of nitrogens with zero attached hydrogens (tertiary/aromatic N) is 2. The SMILES string of the molecule is CN(C)CC1CCCN1C(=O)CCOc1ccccc1N. The van der Waals surface area contributed by atoms with Crippen LogP contribution in [0.4, 0.5) is 5.69 Å². The number of nitrogen functional groups attached to an aromatic ring is 1. The third kappa shape index (κ3) is 4.36. The largest absolute Gasteiger partial charge is 0.491 e. The van der Waals surface area contributed by atoms with E-state index in [9.17, 15) is 4.79 Å². The van der Waals surface area contributed by atoms with E-state index in [1.54, 1.807) is 6.07 Å². The molecule has 1 aliphatic heterocycles. The van der Waals surface area contributed by atoms with Crippen LogP contribution in [0.15, 0.2) is 24.3 Å². The fourth-order valence-corrected chi connectivity index (χ4v) is 2.78. The van der Waals surface area contributed by atoms with E-state index in [0.29, 0.717) is 30.5 Å². The Hall–Kier alpha value is -1.75. The van der Waals surface area contributed by atoms with E-state index in [1.165, 1.54) is 0 Å². The molecule has 1 aromatic rings. The minimum Gasteiger partial charge on any atom is -0.491 e. The fraction of sp³-hybridized carbons (Fsp3) is 0.562. The maximum atomic E-state index is 12.3. The van der Waals surface area contributed by atoms with Crippen LogP contribution in [0.5, 0.6) is 5.75 Å². The van der Waals surface area contributed by atoms with Gasteiger partial charge < -0.3 is 20.3 Å². The molecule has 0 bridgehead atoms. The van der Waals surface area contributed by atoms with Gasteiger partial charge in [0.25, 0.3) is 0 Å². The smallest absolute Gasteiger partial charge is 0.226 e. The van der Waals surface area contributed by atoms with Gasteiger partial charge in [-0.1, -0.05) is 12.1 Å². The minimum atomic E-state index is 0.175. The molecule has 0 radical (unpaired) electrons. The Kier molecular flexibility index (Phi) is 5.44. The molecule has 1 unspecified atom stereocenters. The number of nitrogens with two attached hydrogens (primary N) is 1. The van der Waals surface area contributed by atoms with Crippen LogP contribution in [-0.2, 0) is 4.79 Å². The van der Waals surface area contributed by atoms with Crippen molar-refractivity contribution in [3.8, 4) is 5.75 Å². The van der Waals surface area contributed by atoms with Crippen molar-refractivity contribution >= 4 is 11.6 Å². The molecule has 5 nitrogen and oxygen atoms in total. The highest BCUT2D eigenvalue weighted by molar-refractivity contribution is 5.77. The first-order chi connectivity index (χ1) is 10.1. The van der Waals surface area contributed by atoms with Crippen LogP contribution in [0.2, 0.25) is 0 Å².